The summed E-state index contributed by atoms with van der Waals surface area (Å²) in [5.41, 5.74) is 2.51. The monoisotopic (exact) mass is 371 g/mol. The summed E-state index contributed by atoms with van der Waals surface area (Å²) in [6, 6.07) is 9.95. The predicted octanol–water partition coefficient (Wildman–Crippen LogP) is 3.24. The molecule has 0 bridgehead atoms. The highest BCUT2D eigenvalue weighted by molar-refractivity contribution is 6.31. The molecule has 7 heteroatoms. The molecule has 1 aromatic heterocycles. The number of hydrogen-bond acceptors (Lipinski definition) is 5. The number of pyridine rings is 1. The number of anilines is 1. The van der Waals surface area contributed by atoms with Crippen molar-refractivity contribution in [1.29, 1.82) is 0 Å². The van der Waals surface area contributed by atoms with Gasteiger partial charge in [0.25, 0.3) is 0 Å². The van der Waals surface area contributed by atoms with E-state index in [4.69, 9.17) is 16.3 Å². The van der Waals surface area contributed by atoms with Crippen LogP contribution in [0.15, 0.2) is 47.6 Å². The van der Waals surface area contributed by atoms with Crippen molar-refractivity contribution in [3.05, 3.63) is 58.9 Å². The van der Waals surface area contributed by atoms with Crippen molar-refractivity contribution in [3.63, 3.8) is 0 Å². The standard InChI is InChI=1S/C19H18ClN3O3/c1-2-26-17(24)9-8-16-19(25)23-14-7-6-12(20)11-13(14)18(22-16)15-5-3-4-10-21-15/h3-7,10-11,16H,2,8-9H2,1H3,(H,23,25)/t16-/m0/s1. The number of nitrogens with one attached hydrogen (secondary N) is 1. The summed E-state index contributed by atoms with van der Waals surface area (Å²) in [7, 11) is 0. The van der Waals surface area contributed by atoms with E-state index in [1.807, 2.05) is 12.1 Å². The van der Waals surface area contributed by atoms with Gasteiger partial charge in [-0.2, -0.15) is 0 Å². The maximum absolute atomic E-state index is 12.6. The van der Waals surface area contributed by atoms with Crippen LogP contribution in [-0.2, 0) is 14.3 Å². The second-order valence-electron chi connectivity index (χ2n) is 5.73. The van der Waals surface area contributed by atoms with E-state index in [1.165, 1.54) is 0 Å². The first-order valence-corrected chi connectivity index (χ1v) is 8.72. The Kier molecular flexibility index (Phi) is 5.63. The number of amides is 1. The van der Waals surface area contributed by atoms with Gasteiger partial charge in [0.05, 0.1) is 23.7 Å². The number of fused-ring (bicyclic) bond motifs is 1. The van der Waals surface area contributed by atoms with Crippen LogP contribution in [0.1, 0.15) is 31.0 Å². The minimum absolute atomic E-state index is 0.113. The molecule has 1 amide bonds. The lowest BCUT2D eigenvalue weighted by atomic mass is 10.0. The van der Waals surface area contributed by atoms with Crippen molar-refractivity contribution < 1.29 is 14.3 Å². The molecule has 1 aliphatic heterocycles. The summed E-state index contributed by atoms with van der Waals surface area (Å²) in [5, 5.41) is 3.40. The third kappa shape index (κ3) is 4.08. The topological polar surface area (TPSA) is 80.7 Å². The number of aliphatic imine (C=N–C) groups is 1. The lowest BCUT2D eigenvalue weighted by molar-refractivity contribution is -0.143. The first-order chi connectivity index (χ1) is 12.6. The molecule has 0 saturated carbocycles. The summed E-state index contributed by atoms with van der Waals surface area (Å²) in [5.74, 6) is -0.622. The molecule has 1 aromatic carbocycles. The summed E-state index contributed by atoms with van der Waals surface area (Å²) in [6.45, 7) is 2.05. The van der Waals surface area contributed by atoms with Crippen molar-refractivity contribution in [3.8, 4) is 0 Å². The third-order valence-electron chi connectivity index (χ3n) is 3.92. The molecule has 2 heterocycles. The molecule has 0 radical (unpaired) electrons. The van der Waals surface area contributed by atoms with Gasteiger partial charge >= 0.3 is 5.97 Å². The normalized spacial score (nSPS) is 16.2. The second-order valence-corrected chi connectivity index (χ2v) is 6.17. The summed E-state index contributed by atoms with van der Waals surface area (Å²) in [4.78, 5) is 33.2. The van der Waals surface area contributed by atoms with E-state index in [0.717, 1.165) is 0 Å². The number of hydrogen-bond donors (Lipinski definition) is 1. The van der Waals surface area contributed by atoms with Gasteiger partial charge in [-0.05, 0) is 43.7 Å². The number of carbonyl (C=O) groups is 2. The fraction of sp³-hybridized carbons (Fsp3) is 0.263. The summed E-state index contributed by atoms with van der Waals surface area (Å²) < 4.78 is 4.94. The van der Waals surface area contributed by atoms with Crippen LogP contribution in [0.25, 0.3) is 0 Å². The lowest BCUT2D eigenvalue weighted by Gasteiger charge is -2.10. The Bertz CT molecular complexity index is 852. The van der Waals surface area contributed by atoms with Gasteiger partial charge in [0.2, 0.25) is 5.91 Å². The number of nitrogens with zero attached hydrogens (tertiary/aromatic N) is 2. The van der Waals surface area contributed by atoms with Crippen molar-refractivity contribution in [2.24, 2.45) is 4.99 Å². The summed E-state index contributed by atoms with van der Waals surface area (Å²) >= 11 is 6.14. The Labute approximate surface area is 156 Å². The number of rotatable bonds is 5. The Hall–Kier alpha value is -2.73. The van der Waals surface area contributed by atoms with Crippen molar-refractivity contribution in [2.75, 3.05) is 11.9 Å². The molecular formula is C19H18ClN3O3. The number of esters is 1. The lowest BCUT2D eigenvalue weighted by Crippen LogP contribution is -2.26. The Balaban J connectivity index is 1.99. The van der Waals surface area contributed by atoms with Crippen LogP contribution in [0.4, 0.5) is 5.69 Å². The van der Waals surface area contributed by atoms with E-state index in [1.54, 1.807) is 37.4 Å². The maximum Gasteiger partial charge on any atom is 0.305 e. The molecule has 0 saturated heterocycles. The largest absolute Gasteiger partial charge is 0.466 e. The number of ether oxygens (including phenoxy) is 1. The predicted molar refractivity (Wildman–Crippen MR) is 99.6 cm³/mol. The van der Waals surface area contributed by atoms with Gasteiger partial charge in [0.1, 0.15) is 6.04 Å². The fourth-order valence-corrected chi connectivity index (χ4v) is 2.88. The zero-order valence-corrected chi connectivity index (χ0v) is 15.0. The minimum Gasteiger partial charge on any atom is -0.466 e. The molecule has 26 heavy (non-hydrogen) atoms. The maximum atomic E-state index is 12.6. The van der Waals surface area contributed by atoms with E-state index in [0.29, 0.717) is 34.3 Å². The Morgan fingerprint density at radius 2 is 2.15 bits per heavy atom. The Morgan fingerprint density at radius 1 is 1.31 bits per heavy atom. The second kappa shape index (κ2) is 8.10. The van der Waals surface area contributed by atoms with Gasteiger partial charge in [-0.1, -0.05) is 17.7 Å². The van der Waals surface area contributed by atoms with Crippen LogP contribution in [0.2, 0.25) is 5.02 Å². The van der Waals surface area contributed by atoms with Crippen molar-refractivity contribution in [2.45, 2.75) is 25.8 Å². The molecule has 0 unspecified atom stereocenters. The highest BCUT2D eigenvalue weighted by Crippen LogP contribution is 2.27. The molecule has 134 valence electrons. The van der Waals surface area contributed by atoms with Gasteiger partial charge in [0.15, 0.2) is 0 Å². The molecule has 0 spiro atoms. The molecule has 3 rings (SSSR count). The first-order valence-electron chi connectivity index (χ1n) is 8.34. The van der Waals surface area contributed by atoms with Gasteiger partial charge in [-0.25, -0.2) is 0 Å². The van der Waals surface area contributed by atoms with Crippen LogP contribution in [-0.4, -0.2) is 35.2 Å². The van der Waals surface area contributed by atoms with Crippen LogP contribution >= 0.6 is 11.6 Å². The van der Waals surface area contributed by atoms with Gasteiger partial charge in [-0.15, -0.1) is 0 Å². The summed E-state index contributed by atoms with van der Waals surface area (Å²) in [6.07, 6.45) is 2.03. The van der Waals surface area contributed by atoms with Crippen molar-refractivity contribution >= 4 is 34.9 Å². The molecule has 1 N–H and O–H groups in total. The number of benzodiazepines with no additional fused rings is 1. The van der Waals surface area contributed by atoms with Crippen molar-refractivity contribution in [1.82, 2.24) is 4.98 Å². The number of carbonyl (C=O) groups excluding carboxylic acids is 2. The SMILES string of the molecule is CCOC(=O)CC[C@@H]1N=C(c2ccccn2)c2cc(Cl)ccc2NC1=O. The van der Waals surface area contributed by atoms with Gasteiger partial charge in [-0.3, -0.25) is 19.6 Å². The third-order valence-corrected chi connectivity index (χ3v) is 4.15. The van der Waals surface area contributed by atoms with Crippen LogP contribution in [0.5, 0.6) is 0 Å². The van der Waals surface area contributed by atoms with Gasteiger partial charge < -0.3 is 10.1 Å². The zero-order chi connectivity index (χ0) is 18.5. The smallest absolute Gasteiger partial charge is 0.305 e. The van der Waals surface area contributed by atoms with Gasteiger partial charge in [0, 0.05) is 23.2 Å². The first kappa shape index (κ1) is 18.1. The average Bonchev–Trinajstić information content (AvgIpc) is 2.77. The average molecular weight is 372 g/mol. The number of benzene rings is 1. The Morgan fingerprint density at radius 3 is 2.88 bits per heavy atom. The van der Waals surface area contributed by atoms with E-state index >= 15 is 0 Å². The molecule has 1 atom stereocenters. The number of aromatic nitrogens is 1. The van der Waals surface area contributed by atoms with E-state index in [-0.39, 0.29) is 24.7 Å². The van der Waals surface area contributed by atoms with Crippen LogP contribution in [0, 0.1) is 0 Å². The molecule has 2 aromatic rings. The molecule has 6 nitrogen and oxygen atoms in total. The highest BCUT2D eigenvalue weighted by atomic mass is 35.5. The van der Waals surface area contributed by atoms with Crippen LogP contribution < -0.4 is 5.32 Å². The molecule has 0 fully saturated rings. The fourth-order valence-electron chi connectivity index (χ4n) is 2.71. The zero-order valence-electron chi connectivity index (χ0n) is 14.2. The highest BCUT2D eigenvalue weighted by Gasteiger charge is 2.27. The molecule has 0 aliphatic carbocycles. The minimum atomic E-state index is -0.720. The number of halogens is 1. The van der Waals surface area contributed by atoms with E-state index < -0.39 is 6.04 Å². The molecular weight excluding hydrogens is 354 g/mol. The van der Waals surface area contributed by atoms with Crippen LogP contribution in [0.3, 0.4) is 0 Å². The van der Waals surface area contributed by atoms with E-state index in [2.05, 4.69) is 15.3 Å². The quantitative estimate of drug-likeness (QED) is 0.818. The van der Waals surface area contributed by atoms with E-state index in [9.17, 15) is 9.59 Å². The molecule has 1 aliphatic rings.